The van der Waals surface area contributed by atoms with Crippen molar-refractivity contribution in [2.75, 3.05) is 0 Å². The van der Waals surface area contributed by atoms with Crippen molar-refractivity contribution in [1.82, 2.24) is 0 Å². The molecule has 0 aromatic heterocycles. The molecule has 0 aliphatic heterocycles. The van der Waals surface area contributed by atoms with Gasteiger partial charge in [-0.25, -0.2) is 4.39 Å². The van der Waals surface area contributed by atoms with Gasteiger partial charge in [0.15, 0.2) is 0 Å². The molecule has 1 aromatic carbocycles. The van der Waals surface area contributed by atoms with Gasteiger partial charge in [0, 0.05) is 0 Å². The normalized spacial score (nSPS) is 21.3. The van der Waals surface area contributed by atoms with E-state index in [2.05, 4.69) is 0 Å². The van der Waals surface area contributed by atoms with Gasteiger partial charge >= 0.3 is 0 Å². The Hall–Kier alpha value is -0.930. The van der Waals surface area contributed by atoms with Gasteiger partial charge < -0.3 is 10.2 Å². The average Bonchev–Trinajstić information content (AvgIpc) is 2.57. The van der Waals surface area contributed by atoms with Gasteiger partial charge in [-0.2, -0.15) is 0 Å². The Labute approximate surface area is 107 Å². The predicted molar refractivity (Wildman–Crippen MR) is 68.7 cm³/mol. The lowest BCUT2D eigenvalue weighted by molar-refractivity contribution is -0.0870. The largest absolute Gasteiger partial charge is 0.387 e. The summed E-state index contributed by atoms with van der Waals surface area (Å²) in [4.78, 5) is 0. The molecule has 1 fully saturated rings. The molecule has 1 aromatic rings. The van der Waals surface area contributed by atoms with E-state index in [1.54, 1.807) is 6.07 Å². The van der Waals surface area contributed by atoms with E-state index in [1.165, 1.54) is 12.1 Å². The number of halogens is 1. The first kappa shape index (κ1) is 13.5. The number of hydrogen-bond acceptors (Lipinski definition) is 2. The SMILES string of the molecule is Cc1ccc(F)cc1C(O)C1(O)CCCCCC1. The lowest BCUT2D eigenvalue weighted by atomic mass is 9.83. The van der Waals surface area contributed by atoms with Crippen LogP contribution in [-0.4, -0.2) is 15.8 Å². The number of rotatable bonds is 2. The Morgan fingerprint density at radius 1 is 1.17 bits per heavy atom. The highest BCUT2D eigenvalue weighted by atomic mass is 19.1. The molecule has 100 valence electrons. The van der Waals surface area contributed by atoms with Crippen LogP contribution >= 0.6 is 0 Å². The first-order valence-corrected chi connectivity index (χ1v) is 6.69. The maximum atomic E-state index is 13.3. The maximum Gasteiger partial charge on any atom is 0.123 e. The van der Waals surface area contributed by atoms with Crippen LogP contribution in [0, 0.1) is 12.7 Å². The minimum Gasteiger partial charge on any atom is -0.387 e. The van der Waals surface area contributed by atoms with Crippen molar-refractivity contribution in [2.24, 2.45) is 0 Å². The second-order valence-corrected chi connectivity index (χ2v) is 5.42. The molecule has 1 aliphatic rings. The van der Waals surface area contributed by atoms with Crippen molar-refractivity contribution in [3.63, 3.8) is 0 Å². The van der Waals surface area contributed by atoms with Gasteiger partial charge in [0.25, 0.3) is 0 Å². The fourth-order valence-corrected chi connectivity index (χ4v) is 2.81. The maximum absolute atomic E-state index is 13.3. The third-order valence-corrected chi connectivity index (χ3v) is 4.01. The molecule has 2 rings (SSSR count). The zero-order valence-corrected chi connectivity index (χ0v) is 10.8. The highest BCUT2D eigenvalue weighted by Gasteiger charge is 2.37. The summed E-state index contributed by atoms with van der Waals surface area (Å²) >= 11 is 0. The molecule has 1 saturated carbocycles. The molecule has 0 heterocycles. The van der Waals surface area contributed by atoms with Gasteiger partial charge in [0.2, 0.25) is 0 Å². The van der Waals surface area contributed by atoms with Crippen molar-refractivity contribution >= 4 is 0 Å². The second kappa shape index (κ2) is 5.37. The van der Waals surface area contributed by atoms with E-state index in [9.17, 15) is 14.6 Å². The van der Waals surface area contributed by atoms with Gasteiger partial charge in [-0.05, 0) is 43.0 Å². The van der Waals surface area contributed by atoms with Gasteiger partial charge in [-0.3, -0.25) is 0 Å². The summed E-state index contributed by atoms with van der Waals surface area (Å²) in [5.41, 5.74) is 0.232. The van der Waals surface area contributed by atoms with Crippen molar-refractivity contribution in [1.29, 1.82) is 0 Å². The molecule has 1 atom stereocenters. The second-order valence-electron chi connectivity index (χ2n) is 5.42. The van der Waals surface area contributed by atoms with Crippen LogP contribution in [0.15, 0.2) is 18.2 Å². The summed E-state index contributed by atoms with van der Waals surface area (Å²) in [7, 11) is 0. The highest BCUT2D eigenvalue weighted by molar-refractivity contribution is 5.30. The molecule has 0 spiro atoms. The summed E-state index contributed by atoms with van der Waals surface area (Å²) in [6.45, 7) is 1.83. The number of hydrogen-bond donors (Lipinski definition) is 2. The van der Waals surface area contributed by atoms with Gasteiger partial charge in [0.05, 0.1) is 5.60 Å². The van der Waals surface area contributed by atoms with E-state index in [4.69, 9.17) is 0 Å². The standard InChI is InChI=1S/C15H21FO2/c1-11-6-7-12(16)10-13(11)14(17)15(18)8-4-2-3-5-9-15/h6-7,10,14,17-18H,2-5,8-9H2,1H3. The van der Waals surface area contributed by atoms with Crippen LogP contribution in [0.2, 0.25) is 0 Å². The van der Waals surface area contributed by atoms with Crippen LogP contribution in [0.1, 0.15) is 55.8 Å². The molecule has 0 amide bonds. The van der Waals surface area contributed by atoms with Crippen LogP contribution in [-0.2, 0) is 0 Å². The molecule has 2 nitrogen and oxygen atoms in total. The quantitative estimate of drug-likeness (QED) is 0.793. The summed E-state index contributed by atoms with van der Waals surface area (Å²) in [6, 6.07) is 4.36. The third kappa shape index (κ3) is 2.73. The van der Waals surface area contributed by atoms with Gasteiger partial charge in [-0.1, -0.05) is 31.7 Å². The number of aryl methyl sites for hydroxylation is 1. The van der Waals surface area contributed by atoms with E-state index >= 15 is 0 Å². The van der Waals surface area contributed by atoms with E-state index in [-0.39, 0.29) is 5.82 Å². The topological polar surface area (TPSA) is 40.5 Å². The van der Waals surface area contributed by atoms with Crippen molar-refractivity contribution in [3.8, 4) is 0 Å². The van der Waals surface area contributed by atoms with Crippen molar-refractivity contribution in [2.45, 2.75) is 57.2 Å². The first-order valence-electron chi connectivity index (χ1n) is 6.69. The summed E-state index contributed by atoms with van der Waals surface area (Å²) in [6.07, 6.45) is 4.21. The molecule has 1 aliphatic carbocycles. The summed E-state index contributed by atoms with van der Waals surface area (Å²) in [5.74, 6) is -0.369. The van der Waals surface area contributed by atoms with Crippen molar-refractivity contribution in [3.05, 3.63) is 35.1 Å². The lowest BCUT2D eigenvalue weighted by Gasteiger charge is -2.33. The van der Waals surface area contributed by atoms with E-state index in [0.717, 1.165) is 31.2 Å². The van der Waals surface area contributed by atoms with Crippen LogP contribution < -0.4 is 0 Å². The Morgan fingerprint density at radius 2 is 1.78 bits per heavy atom. The third-order valence-electron chi connectivity index (χ3n) is 4.01. The molecule has 3 heteroatoms. The monoisotopic (exact) mass is 252 g/mol. The Kier molecular flexibility index (Phi) is 4.03. The Bertz CT molecular complexity index is 409. The highest BCUT2D eigenvalue weighted by Crippen LogP contribution is 2.38. The molecule has 18 heavy (non-hydrogen) atoms. The molecule has 2 N–H and O–H groups in total. The number of benzene rings is 1. The number of aliphatic hydroxyl groups excluding tert-OH is 1. The van der Waals surface area contributed by atoms with Crippen molar-refractivity contribution < 1.29 is 14.6 Å². The van der Waals surface area contributed by atoms with E-state index in [1.807, 2.05) is 6.92 Å². The average molecular weight is 252 g/mol. The molecule has 0 radical (unpaired) electrons. The fourth-order valence-electron chi connectivity index (χ4n) is 2.81. The predicted octanol–water partition coefficient (Wildman–Crippen LogP) is 3.25. The van der Waals surface area contributed by atoms with Crippen LogP contribution in [0.4, 0.5) is 4.39 Å². The van der Waals surface area contributed by atoms with Gasteiger partial charge in [0.1, 0.15) is 11.9 Å². The molecule has 0 bridgehead atoms. The Morgan fingerprint density at radius 3 is 2.39 bits per heavy atom. The van der Waals surface area contributed by atoms with E-state index < -0.39 is 11.7 Å². The van der Waals surface area contributed by atoms with Crippen LogP contribution in [0.5, 0.6) is 0 Å². The molecular weight excluding hydrogens is 231 g/mol. The summed E-state index contributed by atoms with van der Waals surface area (Å²) in [5, 5.41) is 21.0. The Balaban J connectivity index is 2.28. The van der Waals surface area contributed by atoms with Gasteiger partial charge in [-0.15, -0.1) is 0 Å². The zero-order valence-electron chi connectivity index (χ0n) is 10.8. The smallest absolute Gasteiger partial charge is 0.123 e. The van der Waals surface area contributed by atoms with Crippen LogP contribution in [0.25, 0.3) is 0 Å². The minimum atomic E-state index is -1.10. The molecule has 1 unspecified atom stereocenters. The zero-order chi connectivity index (χ0) is 13.2. The summed E-state index contributed by atoms with van der Waals surface area (Å²) < 4.78 is 13.3. The first-order chi connectivity index (χ1) is 8.53. The molecular formula is C15H21FO2. The molecule has 0 saturated heterocycles. The van der Waals surface area contributed by atoms with E-state index in [0.29, 0.717) is 18.4 Å². The number of aliphatic hydroxyl groups is 2. The van der Waals surface area contributed by atoms with Crippen LogP contribution in [0.3, 0.4) is 0 Å². The minimum absolute atomic E-state index is 0.369. The fraction of sp³-hybridized carbons (Fsp3) is 0.600. The lowest BCUT2D eigenvalue weighted by Crippen LogP contribution is -2.36.